The van der Waals surface area contributed by atoms with Crippen LogP contribution in [0.15, 0.2) is 0 Å². The summed E-state index contributed by atoms with van der Waals surface area (Å²) in [7, 11) is 6.84. The number of carbonyl (C=O) groups is 1. The molecule has 0 radical (unpaired) electrons. The second-order valence-corrected chi connectivity index (χ2v) is 8.81. The van der Waals surface area contributed by atoms with Crippen molar-refractivity contribution in [2.24, 2.45) is 0 Å². The number of carboxylic acid groups (broad SMARTS) is 1. The zero-order chi connectivity index (χ0) is 18.8. The van der Waals surface area contributed by atoms with Gasteiger partial charge in [0.05, 0.1) is 27.7 Å². The van der Waals surface area contributed by atoms with Crippen LogP contribution in [0, 0.1) is 0 Å². The molecule has 0 spiro atoms. The van der Waals surface area contributed by atoms with Crippen LogP contribution in [0.5, 0.6) is 0 Å². The predicted octanol–water partition coefficient (Wildman–Crippen LogP) is 6.41. The van der Waals surface area contributed by atoms with Crippen LogP contribution in [0.4, 0.5) is 0 Å². The first-order valence-electron chi connectivity index (χ1n) is 10.9. The van der Waals surface area contributed by atoms with E-state index in [4.69, 9.17) is 5.11 Å². The molecular weight excluding hydrogens is 310 g/mol. The summed E-state index contributed by atoms with van der Waals surface area (Å²) < 4.78 is 1.10. The van der Waals surface area contributed by atoms with Gasteiger partial charge in [0.25, 0.3) is 0 Å². The van der Waals surface area contributed by atoms with E-state index in [1.807, 2.05) is 0 Å². The molecule has 0 heterocycles. The number of nitrogens with zero attached hydrogens (tertiary/aromatic N) is 1. The van der Waals surface area contributed by atoms with E-state index >= 15 is 0 Å². The summed E-state index contributed by atoms with van der Waals surface area (Å²) in [5.74, 6) is -0.653. The second kappa shape index (κ2) is 16.9. The molecule has 0 bridgehead atoms. The van der Waals surface area contributed by atoms with Crippen LogP contribution in [0.25, 0.3) is 0 Å². The highest BCUT2D eigenvalue weighted by molar-refractivity contribution is 5.66. The average molecular weight is 357 g/mol. The van der Waals surface area contributed by atoms with Crippen molar-refractivity contribution in [2.75, 3.05) is 27.7 Å². The minimum Gasteiger partial charge on any atom is -0.481 e. The lowest BCUT2D eigenvalue weighted by Crippen LogP contribution is -2.35. The van der Waals surface area contributed by atoms with Crippen LogP contribution in [0.3, 0.4) is 0 Å². The van der Waals surface area contributed by atoms with Crippen molar-refractivity contribution < 1.29 is 14.4 Å². The minimum atomic E-state index is -0.653. The summed E-state index contributed by atoms with van der Waals surface area (Å²) in [5.41, 5.74) is 0. The molecule has 0 aromatic carbocycles. The normalized spacial score (nSPS) is 11.8. The molecule has 0 aromatic heterocycles. The Labute approximate surface area is 157 Å². The smallest absolute Gasteiger partial charge is 0.303 e. The van der Waals surface area contributed by atoms with Crippen molar-refractivity contribution >= 4 is 5.97 Å². The molecule has 0 fully saturated rings. The van der Waals surface area contributed by atoms with E-state index in [1.165, 1.54) is 96.4 Å². The lowest BCUT2D eigenvalue weighted by molar-refractivity contribution is -0.870. The average Bonchev–Trinajstić information content (AvgIpc) is 2.52. The monoisotopic (exact) mass is 356 g/mol. The molecule has 0 unspecified atom stereocenters. The highest BCUT2D eigenvalue weighted by Gasteiger charge is 2.04. The van der Waals surface area contributed by atoms with Crippen molar-refractivity contribution in [3.05, 3.63) is 0 Å². The molecule has 0 aliphatic carbocycles. The molecule has 0 saturated carbocycles. The first-order valence-corrected chi connectivity index (χ1v) is 10.9. The summed E-state index contributed by atoms with van der Waals surface area (Å²) in [6, 6.07) is 0. The maximum Gasteiger partial charge on any atom is 0.303 e. The highest BCUT2D eigenvalue weighted by atomic mass is 16.4. The number of hydrogen-bond donors (Lipinski definition) is 1. The molecule has 0 aromatic rings. The topological polar surface area (TPSA) is 37.3 Å². The van der Waals surface area contributed by atoms with E-state index in [-0.39, 0.29) is 0 Å². The number of rotatable bonds is 19. The Kier molecular flexibility index (Phi) is 16.5. The largest absolute Gasteiger partial charge is 0.481 e. The van der Waals surface area contributed by atoms with Gasteiger partial charge in [-0.3, -0.25) is 4.79 Å². The number of unbranched alkanes of at least 4 members (excludes halogenated alkanes) is 15. The predicted molar refractivity (Wildman–Crippen MR) is 109 cm³/mol. The summed E-state index contributed by atoms with van der Waals surface area (Å²) in [4.78, 5) is 10.4. The van der Waals surface area contributed by atoms with Gasteiger partial charge >= 0.3 is 5.97 Å². The van der Waals surface area contributed by atoms with Crippen molar-refractivity contribution in [3.8, 4) is 0 Å². The van der Waals surface area contributed by atoms with Gasteiger partial charge in [0.15, 0.2) is 0 Å². The molecule has 0 rings (SSSR count). The van der Waals surface area contributed by atoms with Crippen molar-refractivity contribution in [3.63, 3.8) is 0 Å². The van der Waals surface area contributed by atoms with Gasteiger partial charge in [0.2, 0.25) is 0 Å². The first-order chi connectivity index (χ1) is 11.9. The third-order valence-electron chi connectivity index (χ3n) is 4.97. The Bertz CT molecular complexity index is 297. The van der Waals surface area contributed by atoms with Crippen LogP contribution in [0.1, 0.15) is 109 Å². The maximum absolute atomic E-state index is 10.4. The second-order valence-electron chi connectivity index (χ2n) is 8.81. The molecule has 3 nitrogen and oxygen atoms in total. The van der Waals surface area contributed by atoms with E-state index in [0.717, 1.165) is 17.3 Å². The third-order valence-corrected chi connectivity index (χ3v) is 4.97. The maximum atomic E-state index is 10.4. The molecule has 25 heavy (non-hydrogen) atoms. The van der Waals surface area contributed by atoms with Crippen LogP contribution in [0.2, 0.25) is 0 Å². The Hall–Kier alpha value is -0.570. The quantitative estimate of drug-likeness (QED) is 0.214. The first kappa shape index (κ1) is 24.4. The van der Waals surface area contributed by atoms with Crippen LogP contribution in [-0.2, 0) is 4.79 Å². The molecule has 0 atom stereocenters. The zero-order valence-corrected chi connectivity index (χ0v) is 17.5. The standard InChI is InChI=1S/C22H45NO2/c1-23(2,3)21-19-17-15-13-11-9-7-5-4-6-8-10-12-14-16-18-20-22(24)25/h4-21H2,1-3H3/p+1. The fourth-order valence-corrected chi connectivity index (χ4v) is 3.34. The minimum absolute atomic E-state index is 0.343. The molecule has 1 N–H and O–H groups in total. The SMILES string of the molecule is C[N+](C)(C)CCCCCCCCCCCCCCCCCCC(=O)O. The Morgan fingerprint density at radius 3 is 1.12 bits per heavy atom. The Morgan fingerprint density at radius 1 is 0.560 bits per heavy atom. The Balaban J connectivity index is 3.04. The number of aliphatic carboxylic acids is 1. The van der Waals surface area contributed by atoms with Crippen molar-refractivity contribution in [2.45, 2.75) is 109 Å². The van der Waals surface area contributed by atoms with Gasteiger partial charge in [-0.05, 0) is 19.3 Å². The van der Waals surface area contributed by atoms with Gasteiger partial charge in [-0.2, -0.15) is 0 Å². The van der Waals surface area contributed by atoms with Gasteiger partial charge in [0, 0.05) is 6.42 Å². The Morgan fingerprint density at radius 2 is 0.840 bits per heavy atom. The molecular formula is C22H46NO2+. The van der Waals surface area contributed by atoms with Gasteiger partial charge < -0.3 is 9.59 Å². The van der Waals surface area contributed by atoms with E-state index < -0.39 is 5.97 Å². The van der Waals surface area contributed by atoms with E-state index in [0.29, 0.717) is 6.42 Å². The highest BCUT2D eigenvalue weighted by Crippen LogP contribution is 2.14. The summed E-state index contributed by atoms with van der Waals surface area (Å²) in [5, 5.41) is 8.56. The molecule has 0 aliphatic heterocycles. The summed E-state index contributed by atoms with van der Waals surface area (Å²) in [6.45, 7) is 1.31. The lowest BCUT2D eigenvalue weighted by atomic mass is 10.0. The van der Waals surface area contributed by atoms with Crippen LogP contribution in [-0.4, -0.2) is 43.2 Å². The third kappa shape index (κ3) is 23.4. The van der Waals surface area contributed by atoms with Gasteiger partial charge in [0.1, 0.15) is 0 Å². The van der Waals surface area contributed by atoms with Crippen molar-refractivity contribution in [1.29, 1.82) is 0 Å². The summed E-state index contributed by atoms with van der Waals surface area (Å²) in [6.07, 6.45) is 21.6. The zero-order valence-electron chi connectivity index (χ0n) is 17.5. The fourth-order valence-electron chi connectivity index (χ4n) is 3.34. The summed E-state index contributed by atoms with van der Waals surface area (Å²) >= 11 is 0. The molecule has 0 amide bonds. The van der Waals surface area contributed by atoms with E-state index in [9.17, 15) is 4.79 Å². The lowest BCUT2D eigenvalue weighted by Gasteiger charge is -2.23. The molecule has 0 aliphatic rings. The van der Waals surface area contributed by atoms with Crippen molar-refractivity contribution in [1.82, 2.24) is 0 Å². The molecule has 3 heteroatoms. The van der Waals surface area contributed by atoms with Gasteiger partial charge in [-0.15, -0.1) is 0 Å². The number of hydrogen-bond acceptors (Lipinski definition) is 1. The van der Waals surface area contributed by atoms with Gasteiger partial charge in [-0.1, -0.05) is 83.5 Å². The van der Waals surface area contributed by atoms with E-state index in [2.05, 4.69) is 21.1 Å². The molecule has 0 saturated heterocycles. The number of carboxylic acids is 1. The van der Waals surface area contributed by atoms with Crippen LogP contribution < -0.4 is 0 Å². The van der Waals surface area contributed by atoms with Crippen LogP contribution >= 0.6 is 0 Å². The van der Waals surface area contributed by atoms with Gasteiger partial charge in [-0.25, -0.2) is 0 Å². The van der Waals surface area contributed by atoms with E-state index in [1.54, 1.807) is 0 Å². The number of quaternary nitrogens is 1. The molecule has 150 valence electrons. The fraction of sp³-hybridized carbons (Fsp3) is 0.955.